The van der Waals surface area contributed by atoms with E-state index in [1.807, 2.05) is 0 Å². The van der Waals surface area contributed by atoms with E-state index in [0.717, 1.165) is 0 Å². The van der Waals surface area contributed by atoms with Gasteiger partial charge in [-0.2, -0.15) is 0 Å². The van der Waals surface area contributed by atoms with Gasteiger partial charge in [-0.1, -0.05) is 34.8 Å². The van der Waals surface area contributed by atoms with Crippen LogP contribution in [0.3, 0.4) is 0 Å². The Bertz CT molecular complexity index is 1120. The number of carbonyl (C=O) groups is 3. The molecule has 0 aliphatic carbocycles. The number of nitrogens with one attached hydrogen (secondary N) is 5. The van der Waals surface area contributed by atoms with Crippen LogP contribution in [0.25, 0.3) is 0 Å². The van der Waals surface area contributed by atoms with Crippen LogP contribution in [0, 0.1) is 11.8 Å². The van der Waals surface area contributed by atoms with Crippen LogP contribution < -0.4 is 31.3 Å². The van der Waals surface area contributed by atoms with Crippen LogP contribution in [-0.2, 0) is 14.4 Å². The van der Waals surface area contributed by atoms with Crippen molar-refractivity contribution in [1.82, 2.24) is 16.0 Å². The summed E-state index contributed by atoms with van der Waals surface area (Å²) in [6, 6.07) is 9.65. The molecule has 2 fully saturated rings. The summed E-state index contributed by atoms with van der Waals surface area (Å²) in [5.74, 6) is -2.62. The lowest BCUT2D eigenvalue weighted by Gasteiger charge is -2.43. The minimum Gasteiger partial charge on any atom is -0.495 e. The normalized spacial score (nSPS) is 24.2. The van der Waals surface area contributed by atoms with Gasteiger partial charge in [0.1, 0.15) is 5.75 Å². The van der Waals surface area contributed by atoms with E-state index in [0.29, 0.717) is 32.2 Å². The van der Waals surface area contributed by atoms with Crippen LogP contribution >= 0.6 is 34.8 Å². The first-order valence-electron chi connectivity index (χ1n) is 9.97. The largest absolute Gasteiger partial charge is 0.495 e. The molecule has 4 rings (SSSR count). The highest BCUT2D eigenvalue weighted by atomic mass is 35.5. The molecule has 0 bridgehead atoms. The lowest BCUT2D eigenvalue weighted by molar-refractivity contribution is -0.144. The molecule has 0 radical (unpaired) electrons. The van der Waals surface area contributed by atoms with Crippen LogP contribution in [0.1, 0.15) is 6.42 Å². The minimum absolute atomic E-state index is 0.147. The Hall–Kier alpha value is -2.72. The molecular weight excluding hydrogens is 493 g/mol. The number of fused-ring (bicyclic) bond motifs is 1. The number of halogens is 3. The van der Waals surface area contributed by atoms with Gasteiger partial charge in [-0.25, -0.2) is 0 Å². The Labute approximate surface area is 204 Å². The summed E-state index contributed by atoms with van der Waals surface area (Å²) in [6.45, 7) is 0. The van der Waals surface area contributed by atoms with E-state index in [4.69, 9.17) is 39.5 Å². The second kappa shape index (κ2) is 9.64. The summed E-state index contributed by atoms with van der Waals surface area (Å²) in [6.07, 6.45) is -1.67. The second-order valence-electron chi connectivity index (χ2n) is 7.59. The summed E-state index contributed by atoms with van der Waals surface area (Å²) in [5, 5.41) is 15.6. The van der Waals surface area contributed by atoms with Gasteiger partial charge in [0, 0.05) is 16.5 Å². The number of hydrogen-bond donors (Lipinski definition) is 5. The topological polar surface area (TPSA) is 121 Å². The molecule has 2 aliphatic rings. The van der Waals surface area contributed by atoms with Crippen molar-refractivity contribution in [2.24, 2.45) is 11.8 Å². The lowest BCUT2D eigenvalue weighted by atomic mass is 9.81. The molecule has 2 aliphatic heterocycles. The van der Waals surface area contributed by atoms with Gasteiger partial charge in [0.25, 0.3) is 0 Å². The highest BCUT2D eigenvalue weighted by molar-refractivity contribution is 6.36. The third-order valence-electron chi connectivity index (χ3n) is 5.44. The van der Waals surface area contributed by atoms with Gasteiger partial charge in [-0.05, 0) is 36.4 Å². The fourth-order valence-electron chi connectivity index (χ4n) is 3.92. The first-order chi connectivity index (χ1) is 15.7. The van der Waals surface area contributed by atoms with Crippen molar-refractivity contribution in [2.75, 3.05) is 17.7 Å². The van der Waals surface area contributed by atoms with Gasteiger partial charge >= 0.3 is 0 Å². The van der Waals surface area contributed by atoms with Crippen LogP contribution in [0.5, 0.6) is 5.75 Å². The van der Waals surface area contributed by atoms with Crippen LogP contribution in [-0.4, -0.2) is 37.3 Å². The number of methoxy groups -OCH3 is 1. The standard InChI is InChI=1S/C21H20Cl3N5O4/c1-33-15-5-3-10(23)7-14(15)25-19(31)11-8-16(30)27-18-17(11)20(32)29-21(28-18)26-13-4-2-9(22)6-12(13)24/h2-7,11,17-18,21,26,28H,8H2,1H3,(H,25,31)(H,27,30)(H,29,32). The van der Waals surface area contributed by atoms with E-state index >= 15 is 0 Å². The Balaban J connectivity index is 1.51. The average Bonchev–Trinajstić information content (AvgIpc) is 2.75. The molecule has 2 heterocycles. The second-order valence-corrected chi connectivity index (χ2v) is 8.87. The molecule has 4 unspecified atom stereocenters. The molecule has 33 heavy (non-hydrogen) atoms. The number of amides is 3. The Morgan fingerprint density at radius 3 is 2.48 bits per heavy atom. The zero-order valence-corrected chi connectivity index (χ0v) is 19.5. The van der Waals surface area contributed by atoms with Crippen LogP contribution in [0.2, 0.25) is 15.1 Å². The summed E-state index contributed by atoms with van der Waals surface area (Å²) >= 11 is 18.2. The number of benzene rings is 2. The molecule has 9 nitrogen and oxygen atoms in total. The summed E-state index contributed by atoms with van der Waals surface area (Å²) in [5.41, 5.74) is 0.875. The van der Waals surface area contributed by atoms with Crippen molar-refractivity contribution in [3.8, 4) is 5.75 Å². The van der Waals surface area contributed by atoms with E-state index in [2.05, 4.69) is 26.6 Å². The molecule has 5 N–H and O–H groups in total. The van der Waals surface area contributed by atoms with Gasteiger partial charge in [-0.3, -0.25) is 19.7 Å². The molecule has 4 atom stereocenters. The summed E-state index contributed by atoms with van der Waals surface area (Å²) < 4.78 is 5.25. The Kier molecular flexibility index (Phi) is 6.85. The van der Waals surface area contributed by atoms with Crippen molar-refractivity contribution >= 4 is 63.9 Å². The number of carbonyl (C=O) groups excluding carboxylic acids is 3. The van der Waals surface area contributed by atoms with Gasteiger partial charge in [0.2, 0.25) is 17.7 Å². The number of piperidine rings is 1. The molecular formula is C21H20Cl3N5O4. The maximum absolute atomic E-state index is 13.1. The third kappa shape index (κ3) is 5.11. The molecule has 0 spiro atoms. The number of hydrogen-bond acceptors (Lipinski definition) is 6. The molecule has 2 aromatic carbocycles. The number of ether oxygens (including phenoxy) is 1. The SMILES string of the molecule is COc1ccc(Cl)cc1NC(=O)C1CC(=O)NC2NC(Nc3ccc(Cl)cc3Cl)NC(=O)C21. The maximum atomic E-state index is 13.1. The van der Waals surface area contributed by atoms with E-state index in [9.17, 15) is 14.4 Å². The molecule has 3 amide bonds. The van der Waals surface area contributed by atoms with Crippen molar-refractivity contribution in [3.63, 3.8) is 0 Å². The molecule has 2 saturated heterocycles. The van der Waals surface area contributed by atoms with E-state index in [1.54, 1.807) is 30.3 Å². The highest BCUT2D eigenvalue weighted by Crippen LogP contribution is 2.32. The van der Waals surface area contributed by atoms with Crippen LogP contribution in [0.15, 0.2) is 36.4 Å². The van der Waals surface area contributed by atoms with Crippen molar-refractivity contribution < 1.29 is 19.1 Å². The monoisotopic (exact) mass is 511 g/mol. The minimum atomic E-state index is -0.917. The first kappa shape index (κ1) is 23.4. The van der Waals surface area contributed by atoms with Crippen molar-refractivity contribution in [2.45, 2.75) is 18.9 Å². The predicted octanol–water partition coefficient (Wildman–Crippen LogP) is 2.79. The Morgan fingerprint density at radius 1 is 1.03 bits per heavy atom. The number of rotatable bonds is 5. The number of anilines is 2. The quantitative estimate of drug-likeness (QED) is 0.420. The van der Waals surface area contributed by atoms with Crippen LogP contribution in [0.4, 0.5) is 11.4 Å². The summed E-state index contributed by atoms with van der Waals surface area (Å²) in [7, 11) is 1.46. The molecule has 0 saturated carbocycles. The van der Waals surface area contributed by atoms with E-state index < -0.39 is 36.1 Å². The average molecular weight is 513 g/mol. The fourth-order valence-corrected chi connectivity index (χ4v) is 4.55. The van der Waals surface area contributed by atoms with Gasteiger partial charge in [0.05, 0.1) is 41.5 Å². The molecule has 0 aromatic heterocycles. The van der Waals surface area contributed by atoms with Crippen molar-refractivity contribution in [3.05, 3.63) is 51.5 Å². The molecule has 2 aromatic rings. The molecule has 12 heteroatoms. The smallest absolute Gasteiger partial charge is 0.229 e. The molecule has 174 valence electrons. The summed E-state index contributed by atoms with van der Waals surface area (Å²) in [4.78, 5) is 38.5. The van der Waals surface area contributed by atoms with Crippen molar-refractivity contribution in [1.29, 1.82) is 0 Å². The maximum Gasteiger partial charge on any atom is 0.229 e. The van der Waals surface area contributed by atoms with E-state index in [-0.39, 0.29) is 12.3 Å². The first-order valence-corrected chi connectivity index (χ1v) is 11.1. The lowest BCUT2D eigenvalue weighted by Crippen LogP contribution is -2.72. The highest BCUT2D eigenvalue weighted by Gasteiger charge is 2.48. The zero-order chi connectivity index (χ0) is 23.7. The predicted molar refractivity (Wildman–Crippen MR) is 125 cm³/mol. The van der Waals surface area contributed by atoms with Gasteiger partial charge < -0.3 is 26.0 Å². The Morgan fingerprint density at radius 2 is 1.76 bits per heavy atom. The fraction of sp³-hybridized carbons (Fsp3) is 0.286. The third-order valence-corrected chi connectivity index (χ3v) is 6.22. The zero-order valence-electron chi connectivity index (χ0n) is 17.2. The van der Waals surface area contributed by atoms with E-state index in [1.165, 1.54) is 13.2 Å². The van der Waals surface area contributed by atoms with Gasteiger partial charge in [-0.15, -0.1) is 0 Å². The van der Waals surface area contributed by atoms with Gasteiger partial charge in [0.15, 0.2) is 6.29 Å².